The monoisotopic (exact) mass is 389 g/mol. The topological polar surface area (TPSA) is 45.2 Å². The van der Waals surface area contributed by atoms with E-state index in [0.29, 0.717) is 17.5 Å². The van der Waals surface area contributed by atoms with Crippen LogP contribution in [0.2, 0.25) is 0 Å². The molecule has 156 valence electrons. The van der Waals surface area contributed by atoms with Crippen molar-refractivity contribution in [2.24, 2.45) is 0 Å². The van der Waals surface area contributed by atoms with E-state index in [1.165, 1.54) is 12.8 Å². The van der Waals surface area contributed by atoms with Crippen molar-refractivity contribution in [3.8, 4) is 11.5 Å². The van der Waals surface area contributed by atoms with Crippen LogP contribution in [0.25, 0.3) is 6.08 Å². The Morgan fingerprint density at radius 1 is 1.21 bits per heavy atom. The lowest BCUT2D eigenvalue weighted by atomic mass is 10.1. The van der Waals surface area contributed by atoms with Gasteiger partial charge in [-0.2, -0.15) is 0 Å². The molecular weight excluding hydrogens is 354 g/mol. The first-order valence-corrected chi connectivity index (χ1v) is 10.1. The first kappa shape index (κ1) is 22.2. The third kappa shape index (κ3) is 6.24. The zero-order valence-electron chi connectivity index (χ0n) is 18.0. The molecule has 28 heavy (non-hydrogen) atoms. The second kappa shape index (κ2) is 11.1. The van der Waals surface area contributed by atoms with Gasteiger partial charge in [-0.1, -0.05) is 13.0 Å². The molecular formula is C22H35N3O3. The van der Waals surface area contributed by atoms with Crippen LogP contribution >= 0.6 is 0 Å². The number of likely N-dealkylation sites (tertiary alicyclic amines) is 1. The van der Waals surface area contributed by atoms with E-state index in [2.05, 4.69) is 16.7 Å². The molecule has 0 spiro atoms. The predicted octanol–water partition coefficient (Wildman–Crippen LogP) is 2.59. The molecule has 0 aromatic heterocycles. The number of methoxy groups -OCH3 is 2. The molecule has 6 nitrogen and oxygen atoms in total. The molecule has 1 saturated heterocycles. The van der Waals surface area contributed by atoms with Crippen LogP contribution in [0.15, 0.2) is 24.3 Å². The Kier molecular flexibility index (Phi) is 8.80. The predicted molar refractivity (Wildman–Crippen MR) is 114 cm³/mol. The summed E-state index contributed by atoms with van der Waals surface area (Å²) in [6, 6.07) is 6.11. The van der Waals surface area contributed by atoms with Crippen molar-refractivity contribution in [2.45, 2.75) is 25.8 Å². The largest absolute Gasteiger partial charge is 0.493 e. The number of amides is 1. The highest BCUT2D eigenvalue weighted by Crippen LogP contribution is 2.28. The molecule has 1 aromatic carbocycles. The van der Waals surface area contributed by atoms with Crippen molar-refractivity contribution >= 4 is 12.0 Å². The number of benzene rings is 1. The summed E-state index contributed by atoms with van der Waals surface area (Å²) in [4.78, 5) is 19.5. The fourth-order valence-electron chi connectivity index (χ4n) is 3.61. The van der Waals surface area contributed by atoms with Crippen LogP contribution in [0.4, 0.5) is 0 Å². The highest BCUT2D eigenvalue weighted by Gasteiger charge is 2.26. The number of rotatable bonds is 10. The van der Waals surface area contributed by atoms with Gasteiger partial charge in [0.05, 0.1) is 14.2 Å². The highest BCUT2D eigenvalue weighted by molar-refractivity contribution is 5.92. The molecule has 1 fully saturated rings. The zero-order chi connectivity index (χ0) is 20.5. The van der Waals surface area contributed by atoms with Crippen LogP contribution in [0, 0.1) is 0 Å². The summed E-state index contributed by atoms with van der Waals surface area (Å²) in [5.74, 6) is 1.39. The normalized spacial score (nSPS) is 17.4. The summed E-state index contributed by atoms with van der Waals surface area (Å²) in [5.41, 5.74) is 0.912. The van der Waals surface area contributed by atoms with Gasteiger partial charge >= 0.3 is 0 Å². The van der Waals surface area contributed by atoms with Crippen molar-refractivity contribution < 1.29 is 14.3 Å². The molecule has 0 saturated carbocycles. The van der Waals surface area contributed by atoms with Crippen LogP contribution in [0.1, 0.15) is 25.3 Å². The first-order chi connectivity index (χ1) is 13.5. The molecule has 0 bridgehead atoms. The van der Waals surface area contributed by atoms with Crippen LogP contribution < -0.4 is 9.47 Å². The lowest BCUT2D eigenvalue weighted by Gasteiger charge is -2.30. The van der Waals surface area contributed by atoms with Gasteiger partial charge in [0.15, 0.2) is 11.5 Å². The second-order valence-corrected chi connectivity index (χ2v) is 7.46. The Morgan fingerprint density at radius 2 is 1.96 bits per heavy atom. The first-order valence-electron chi connectivity index (χ1n) is 10.1. The van der Waals surface area contributed by atoms with E-state index >= 15 is 0 Å². The number of carbonyl (C=O) groups is 1. The lowest BCUT2D eigenvalue weighted by molar-refractivity contribution is -0.126. The maximum atomic E-state index is 12.9. The Bertz CT molecular complexity index is 660. The van der Waals surface area contributed by atoms with Gasteiger partial charge in [0.2, 0.25) is 5.91 Å². The fraction of sp³-hybridized carbons (Fsp3) is 0.591. The summed E-state index contributed by atoms with van der Waals surface area (Å²) in [5, 5.41) is 0. The van der Waals surface area contributed by atoms with E-state index in [0.717, 1.165) is 38.3 Å². The van der Waals surface area contributed by atoms with Gasteiger partial charge in [0, 0.05) is 31.8 Å². The minimum Gasteiger partial charge on any atom is -0.493 e. The Labute approximate surface area is 169 Å². The van der Waals surface area contributed by atoms with Gasteiger partial charge in [-0.3, -0.25) is 9.69 Å². The minimum atomic E-state index is 0.0552. The van der Waals surface area contributed by atoms with E-state index in [-0.39, 0.29) is 5.91 Å². The van der Waals surface area contributed by atoms with Crippen LogP contribution in [-0.2, 0) is 4.79 Å². The molecule has 6 heteroatoms. The summed E-state index contributed by atoms with van der Waals surface area (Å²) < 4.78 is 10.6. The third-order valence-corrected chi connectivity index (χ3v) is 5.29. The number of hydrogen-bond acceptors (Lipinski definition) is 5. The summed E-state index contributed by atoms with van der Waals surface area (Å²) >= 11 is 0. The van der Waals surface area contributed by atoms with Crippen molar-refractivity contribution in [3.63, 3.8) is 0 Å². The van der Waals surface area contributed by atoms with Crippen LogP contribution in [0.5, 0.6) is 11.5 Å². The summed E-state index contributed by atoms with van der Waals surface area (Å²) in [6.45, 7) is 6.75. The van der Waals surface area contributed by atoms with Gasteiger partial charge in [0.1, 0.15) is 0 Å². The number of hydrogen-bond donors (Lipinski definition) is 0. The Balaban J connectivity index is 2.09. The Morgan fingerprint density at radius 3 is 2.61 bits per heavy atom. The van der Waals surface area contributed by atoms with E-state index in [4.69, 9.17) is 9.47 Å². The lowest BCUT2D eigenvalue weighted by Crippen LogP contribution is -2.44. The minimum absolute atomic E-state index is 0.0552. The van der Waals surface area contributed by atoms with E-state index in [9.17, 15) is 4.79 Å². The van der Waals surface area contributed by atoms with Gasteiger partial charge < -0.3 is 19.3 Å². The van der Waals surface area contributed by atoms with Crippen molar-refractivity contribution in [1.82, 2.24) is 14.7 Å². The molecule has 0 aliphatic carbocycles. The maximum Gasteiger partial charge on any atom is 0.246 e. The molecule has 1 aliphatic rings. The second-order valence-electron chi connectivity index (χ2n) is 7.46. The SMILES string of the molecule is CCN1CCC[C@@H]1CN(CCN(C)C)C(=O)/C=C/c1ccc(OC)c(OC)c1. The molecule has 0 radical (unpaired) electrons. The number of likely N-dealkylation sites (N-methyl/N-ethyl adjacent to an activating group) is 2. The van der Waals surface area contributed by atoms with Crippen molar-refractivity contribution in [2.75, 3.05) is 61.0 Å². The molecule has 0 unspecified atom stereocenters. The standard InChI is InChI=1S/C22H35N3O3/c1-6-24-13-7-8-19(24)17-25(15-14-23(2)3)22(26)12-10-18-9-11-20(27-4)21(16-18)28-5/h9-12,16,19H,6-8,13-15,17H2,1-5H3/b12-10+/t19-/m1/s1. The fourth-order valence-corrected chi connectivity index (χ4v) is 3.61. The van der Waals surface area contributed by atoms with Crippen molar-refractivity contribution in [3.05, 3.63) is 29.8 Å². The number of carbonyl (C=O) groups excluding carboxylic acids is 1. The number of nitrogens with zero attached hydrogens (tertiary/aromatic N) is 3. The summed E-state index contributed by atoms with van der Waals surface area (Å²) in [6.07, 6.45) is 5.90. The average molecular weight is 390 g/mol. The Hall–Kier alpha value is -2.05. The van der Waals surface area contributed by atoms with E-state index in [1.807, 2.05) is 43.3 Å². The van der Waals surface area contributed by atoms with Gasteiger partial charge in [0.25, 0.3) is 0 Å². The van der Waals surface area contributed by atoms with Crippen molar-refractivity contribution in [1.29, 1.82) is 0 Å². The molecule has 2 rings (SSSR count). The molecule has 0 N–H and O–H groups in total. The smallest absolute Gasteiger partial charge is 0.246 e. The quantitative estimate of drug-likeness (QED) is 0.576. The van der Waals surface area contributed by atoms with E-state index < -0.39 is 0 Å². The molecule has 1 atom stereocenters. The average Bonchev–Trinajstić information content (AvgIpc) is 3.15. The molecule has 1 heterocycles. The number of ether oxygens (including phenoxy) is 2. The zero-order valence-corrected chi connectivity index (χ0v) is 18.0. The van der Waals surface area contributed by atoms with Crippen LogP contribution in [-0.4, -0.2) is 87.7 Å². The summed E-state index contributed by atoms with van der Waals surface area (Å²) in [7, 11) is 7.30. The highest BCUT2D eigenvalue weighted by atomic mass is 16.5. The third-order valence-electron chi connectivity index (χ3n) is 5.29. The van der Waals surface area contributed by atoms with E-state index in [1.54, 1.807) is 20.3 Å². The van der Waals surface area contributed by atoms with Gasteiger partial charge in [-0.05, 0) is 63.8 Å². The molecule has 1 aromatic rings. The maximum absolute atomic E-state index is 12.9. The van der Waals surface area contributed by atoms with Crippen LogP contribution in [0.3, 0.4) is 0 Å². The molecule has 1 aliphatic heterocycles. The molecule has 1 amide bonds. The van der Waals surface area contributed by atoms with Gasteiger partial charge in [-0.15, -0.1) is 0 Å². The van der Waals surface area contributed by atoms with Gasteiger partial charge in [-0.25, -0.2) is 0 Å².